The minimum absolute atomic E-state index is 0.425. The van der Waals surface area contributed by atoms with Crippen LogP contribution in [0.2, 0.25) is 0 Å². The lowest BCUT2D eigenvalue weighted by Gasteiger charge is -2.30. The highest BCUT2D eigenvalue weighted by atomic mass is 16.9. The highest BCUT2D eigenvalue weighted by Crippen LogP contribution is 2.15. The number of carbonyl (C=O) groups is 1. The molecule has 72 valence electrons. The van der Waals surface area contributed by atoms with Gasteiger partial charge in [0.2, 0.25) is 0 Å². The van der Waals surface area contributed by atoms with E-state index in [1.807, 2.05) is 0 Å². The van der Waals surface area contributed by atoms with Gasteiger partial charge in [-0.15, -0.1) is 0 Å². The van der Waals surface area contributed by atoms with E-state index >= 15 is 0 Å². The molecular weight excluding hydrogens is 162 g/mol. The van der Waals surface area contributed by atoms with Gasteiger partial charge in [0.1, 0.15) is 0 Å². The predicted molar refractivity (Wildman–Crippen MR) is 42.0 cm³/mol. The number of methoxy groups -OCH3 is 1. The van der Waals surface area contributed by atoms with E-state index in [4.69, 9.17) is 9.68 Å². The average molecular weight is 177 g/mol. The predicted octanol–water partition coefficient (Wildman–Crippen LogP) is 0.363. The van der Waals surface area contributed by atoms with Gasteiger partial charge in [0.15, 0.2) is 5.54 Å². The normalized spacial score (nSPS) is 11.8. The number of ether oxygens (including phenoxy) is 1. The first-order valence-electron chi connectivity index (χ1n) is 3.47. The van der Waals surface area contributed by atoms with Crippen LogP contribution in [0.25, 0.3) is 0 Å². The molecule has 0 aliphatic carbocycles. The van der Waals surface area contributed by atoms with Crippen molar-refractivity contribution in [3.8, 4) is 0 Å². The van der Waals surface area contributed by atoms with Crippen molar-refractivity contribution in [2.45, 2.75) is 19.4 Å². The van der Waals surface area contributed by atoms with Crippen LogP contribution in [0.1, 0.15) is 13.8 Å². The van der Waals surface area contributed by atoms with Gasteiger partial charge in [-0.25, -0.2) is 4.79 Å². The smallest absolute Gasteiger partial charge is 0.330 e. The Morgan fingerprint density at radius 2 is 1.58 bits per heavy atom. The Labute approximate surface area is 72.1 Å². The third-order valence-electron chi connectivity index (χ3n) is 1.47. The maximum Gasteiger partial charge on any atom is 0.330 e. The molecule has 0 fully saturated rings. The molecule has 0 radical (unpaired) electrons. The summed E-state index contributed by atoms with van der Waals surface area (Å²) in [5.41, 5.74) is -0.946. The molecular formula is C7H15NO4. The summed E-state index contributed by atoms with van der Waals surface area (Å²) in [7, 11) is 4.13. The fourth-order valence-electron chi connectivity index (χ4n) is 0.855. The fraction of sp³-hybridized carbons (Fsp3) is 0.857. The van der Waals surface area contributed by atoms with Gasteiger partial charge >= 0.3 is 5.97 Å². The maximum atomic E-state index is 11.2. The third-order valence-corrected chi connectivity index (χ3v) is 1.47. The molecule has 0 aliphatic heterocycles. The molecule has 0 spiro atoms. The fourth-order valence-corrected chi connectivity index (χ4v) is 0.855. The average Bonchev–Trinajstić information content (AvgIpc) is 2.04. The van der Waals surface area contributed by atoms with Crippen LogP contribution < -0.4 is 0 Å². The van der Waals surface area contributed by atoms with Gasteiger partial charge in [0.05, 0.1) is 21.3 Å². The lowest BCUT2D eigenvalue weighted by molar-refractivity contribution is -0.379. The van der Waals surface area contributed by atoms with E-state index < -0.39 is 11.5 Å². The zero-order chi connectivity index (χ0) is 9.78. The zero-order valence-corrected chi connectivity index (χ0v) is 8.08. The van der Waals surface area contributed by atoms with E-state index in [1.165, 1.54) is 21.3 Å². The third kappa shape index (κ3) is 2.17. The number of hydrogen-bond acceptors (Lipinski definition) is 5. The van der Waals surface area contributed by atoms with Gasteiger partial charge in [-0.05, 0) is 19.1 Å². The van der Waals surface area contributed by atoms with Crippen molar-refractivity contribution in [2.75, 3.05) is 21.3 Å². The Morgan fingerprint density at radius 1 is 1.17 bits per heavy atom. The molecule has 0 saturated heterocycles. The van der Waals surface area contributed by atoms with Crippen molar-refractivity contribution in [1.29, 1.82) is 0 Å². The van der Waals surface area contributed by atoms with Crippen LogP contribution in [0.3, 0.4) is 0 Å². The highest BCUT2D eigenvalue weighted by molar-refractivity contribution is 5.79. The molecule has 0 aromatic rings. The van der Waals surface area contributed by atoms with Crippen LogP contribution in [-0.2, 0) is 19.2 Å². The maximum absolute atomic E-state index is 11.2. The lowest BCUT2D eigenvalue weighted by Crippen LogP contribution is -2.49. The summed E-state index contributed by atoms with van der Waals surface area (Å²) in [6.45, 7) is 3.26. The quantitative estimate of drug-likeness (QED) is 0.458. The summed E-state index contributed by atoms with van der Waals surface area (Å²) >= 11 is 0. The van der Waals surface area contributed by atoms with Crippen molar-refractivity contribution in [3.63, 3.8) is 0 Å². The van der Waals surface area contributed by atoms with E-state index in [0.717, 1.165) is 5.23 Å². The van der Waals surface area contributed by atoms with E-state index in [0.29, 0.717) is 0 Å². The number of hydrogen-bond donors (Lipinski definition) is 0. The lowest BCUT2D eigenvalue weighted by atomic mass is 10.1. The molecule has 0 saturated carbocycles. The molecule has 5 heteroatoms. The van der Waals surface area contributed by atoms with Gasteiger partial charge in [-0.1, -0.05) is 0 Å². The summed E-state index contributed by atoms with van der Waals surface area (Å²) in [5, 5.41) is 1.07. The molecule has 0 aliphatic rings. The van der Waals surface area contributed by atoms with Crippen LogP contribution in [0.4, 0.5) is 0 Å². The molecule has 0 unspecified atom stereocenters. The molecule has 5 nitrogen and oxygen atoms in total. The van der Waals surface area contributed by atoms with Gasteiger partial charge < -0.3 is 4.74 Å². The van der Waals surface area contributed by atoms with Crippen LogP contribution in [-0.4, -0.2) is 38.1 Å². The Bertz CT molecular complexity index is 153. The number of nitrogens with zero attached hydrogens (tertiary/aromatic N) is 1. The SMILES string of the molecule is COC(=O)C(C)(C)N(OC)OC. The second kappa shape index (κ2) is 4.39. The van der Waals surface area contributed by atoms with Crippen LogP contribution in [0.15, 0.2) is 0 Å². The molecule has 0 bridgehead atoms. The first-order chi connectivity index (χ1) is 5.50. The molecule has 0 amide bonds. The minimum Gasteiger partial charge on any atom is -0.468 e. The van der Waals surface area contributed by atoms with E-state index in [2.05, 4.69) is 4.74 Å². The Morgan fingerprint density at radius 3 is 1.83 bits per heavy atom. The molecule has 0 rings (SSSR count). The topological polar surface area (TPSA) is 48.0 Å². The van der Waals surface area contributed by atoms with Gasteiger partial charge in [-0.2, -0.15) is 0 Å². The van der Waals surface area contributed by atoms with Crippen LogP contribution >= 0.6 is 0 Å². The van der Waals surface area contributed by atoms with E-state index in [-0.39, 0.29) is 0 Å². The molecule has 0 N–H and O–H groups in total. The molecule has 0 aromatic carbocycles. The summed E-state index contributed by atoms with van der Waals surface area (Å²) < 4.78 is 4.56. The standard InChI is InChI=1S/C7H15NO4/c1-7(2,6(9)10-3)8(11-4)12-5/h1-5H3. The van der Waals surface area contributed by atoms with E-state index in [1.54, 1.807) is 13.8 Å². The molecule has 0 atom stereocenters. The van der Waals surface area contributed by atoms with Gasteiger partial charge in [0.25, 0.3) is 0 Å². The molecule has 0 aromatic heterocycles. The number of esters is 1. The number of carbonyl (C=O) groups excluding carboxylic acids is 1. The highest BCUT2D eigenvalue weighted by Gasteiger charge is 2.37. The zero-order valence-electron chi connectivity index (χ0n) is 8.08. The Balaban J connectivity index is 4.44. The first-order valence-corrected chi connectivity index (χ1v) is 3.47. The Hall–Kier alpha value is -0.650. The number of hydroxylamine groups is 2. The molecule has 0 heterocycles. The number of rotatable bonds is 4. The van der Waals surface area contributed by atoms with Crippen molar-refractivity contribution in [3.05, 3.63) is 0 Å². The van der Waals surface area contributed by atoms with Gasteiger partial charge in [0, 0.05) is 0 Å². The van der Waals surface area contributed by atoms with Gasteiger partial charge in [-0.3, -0.25) is 9.68 Å². The largest absolute Gasteiger partial charge is 0.468 e. The summed E-state index contributed by atoms with van der Waals surface area (Å²) in [6.07, 6.45) is 0. The van der Waals surface area contributed by atoms with Crippen LogP contribution in [0, 0.1) is 0 Å². The second-order valence-corrected chi connectivity index (χ2v) is 2.67. The minimum atomic E-state index is -0.946. The van der Waals surface area contributed by atoms with Crippen LogP contribution in [0.5, 0.6) is 0 Å². The molecule has 12 heavy (non-hydrogen) atoms. The summed E-state index contributed by atoms with van der Waals surface area (Å²) in [5.74, 6) is -0.425. The second-order valence-electron chi connectivity index (χ2n) is 2.67. The first kappa shape index (κ1) is 11.4. The van der Waals surface area contributed by atoms with E-state index in [9.17, 15) is 4.79 Å². The summed E-state index contributed by atoms with van der Waals surface area (Å²) in [6, 6.07) is 0. The monoisotopic (exact) mass is 177 g/mol. The van der Waals surface area contributed by atoms with Crippen molar-refractivity contribution in [2.24, 2.45) is 0 Å². The Kier molecular flexibility index (Phi) is 4.16. The summed E-state index contributed by atoms with van der Waals surface area (Å²) in [4.78, 5) is 20.8. The van der Waals surface area contributed by atoms with Crippen molar-refractivity contribution >= 4 is 5.97 Å². The van der Waals surface area contributed by atoms with Crippen molar-refractivity contribution < 1.29 is 19.2 Å². The van der Waals surface area contributed by atoms with Crippen molar-refractivity contribution in [1.82, 2.24) is 5.23 Å².